The van der Waals surface area contributed by atoms with Gasteiger partial charge >= 0.3 is 5.97 Å². The highest BCUT2D eigenvalue weighted by atomic mass is 16.5. The minimum Gasteiger partial charge on any atom is -0.462 e. The lowest BCUT2D eigenvalue weighted by molar-refractivity contribution is -0.138. The van der Waals surface area contributed by atoms with Gasteiger partial charge < -0.3 is 4.74 Å². The molecule has 8 nitrogen and oxygen atoms in total. The first-order valence-corrected chi connectivity index (χ1v) is 5.86. The highest BCUT2D eigenvalue weighted by Crippen LogP contribution is 2.18. The lowest BCUT2D eigenvalue weighted by Gasteiger charge is -2.19. The Hall–Kier alpha value is -3.08. The van der Waals surface area contributed by atoms with Gasteiger partial charge in [-0.1, -0.05) is 18.2 Å². The van der Waals surface area contributed by atoms with Crippen LogP contribution in [0.4, 0.5) is 5.69 Å². The summed E-state index contributed by atoms with van der Waals surface area (Å²) in [6.07, 6.45) is 0. The van der Waals surface area contributed by atoms with Crippen molar-refractivity contribution >= 4 is 11.7 Å². The third-order valence-corrected chi connectivity index (χ3v) is 2.33. The summed E-state index contributed by atoms with van der Waals surface area (Å²) in [5, 5.41) is 17.6. The summed E-state index contributed by atoms with van der Waals surface area (Å²) < 4.78 is 4.80. The van der Waals surface area contributed by atoms with E-state index < -0.39 is 5.97 Å². The minimum atomic E-state index is -0.743. The average molecular weight is 272 g/mol. The van der Waals surface area contributed by atoms with Crippen LogP contribution in [0.1, 0.15) is 6.92 Å². The van der Waals surface area contributed by atoms with E-state index in [2.05, 4.69) is 21.3 Å². The largest absolute Gasteiger partial charge is 0.462 e. The molecule has 0 amide bonds. The molecule has 1 aromatic carbocycles. The van der Waals surface area contributed by atoms with E-state index in [-0.39, 0.29) is 18.0 Å². The number of hydrogen-bond donors (Lipinski definition) is 2. The molecule has 0 saturated carbocycles. The first-order chi connectivity index (χ1) is 9.76. The number of carbonyl (C=O) groups is 1. The van der Waals surface area contributed by atoms with E-state index in [1.54, 1.807) is 13.0 Å². The second-order valence-electron chi connectivity index (χ2n) is 3.64. The SMILES string of the molecule is CCOC(=O)/C(C#N)=C1\N=NNN1Nc1ccccc1. The van der Waals surface area contributed by atoms with Crippen molar-refractivity contribution in [1.82, 2.24) is 10.7 Å². The fraction of sp³-hybridized carbons (Fsp3) is 0.167. The monoisotopic (exact) mass is 272 g/mol. The fourth-order valence-corrected chi connectivity index (χ4v) is 1.48. The molecule has 0 atom stereocenters. The Morgan fingerprint density at radius 1 is 1.50 bits per heavy atom. The van der Waals surface area contributed by atoms with E-state index in [9.17, 15) is 4.79 Å². The molecule has 8 heteroatoms. The molecule has 2 rings (SSSR count). The van der Waals surface area contributed by atoms with E-state index in [1.807, 2.05) is 30.3 Å². The second-order valence-corrected chi connectivity index (χ2v) is 3.64. The van der Waals surface area contributed by atoms with Gasteiger partial charge in [0.2, 0.25) is 5.82 Å². The number of hydrazine groups is 2. The van der Waals surface area contributed by atoms with Crippen molar-refractivity contribution in [1.29, 1.82) is 5.26 Å². The zero-order valence-electron chi connectivity index (χ0n) is 10.7. The first kappa shape index (κ1) is 13.4. The zero-order valence-corrected chi connectivity index (χ0v) is 10.7. The van der Waals surface area contributed by atoms with Crippen molar-refractivity contribution in [2.75, 3.05) is 12.0 Å². The van der Waals surface area contributed by atoms with E-state index in [0.29, 0.717) is 0 Å². The van der Waals surface area contributed by atoms with Crippen LogP contribution in [0.25, 0.3) is 0 Å². The number of hydrogen-bond acceptors (Lipinski definition) is 8. The molecule has 20 heavy (non-hydrogen) atoms. The Balaban J connectivity index is 2.23. The molecule has 2 N–H and O–H groups in total. The molecular weight excluding hydrogens is 260 g/mol. The normalized spacial score (nSPS) is 15.3. The van der Waals surface area contributed by atoms with E-state index in [4.69, 9.17) is 10.00 Å². The summed E-state index contributed by atoms with van der Waals surface area (Å²) in [5.41, 5.74) is 5.96. The summed E-state index contributed by atoms with van der Waals surface area (Å²) in [7, 11) is 0. The van der Waals surface area contributed by atoms with Gasteiger partial charge in [0, 0.05) is 0 Å². The summed E-state index contributed by atoms with van der Waals surface area (Å²) in [5.74, 6) is -0.692. The lowest BCUT2D eigenvalue weighted by Crippen LogP contribution is -2.35. The molecule has 1 aliphatic heterocycles. The second kappa shape index (κ2) is 6.19. The zero-order chi connectivity index (χ0) is 14.4. The van der Waals surface area contributed by atoms with Gasteiger partial charge in [0.05, 0.1) is 12.3 Å². The molecule has 0 fully saturated rings. The number of para-hydroxylation sites is 1. The quantitative estimate of drug-likeness (QED) is 0.489. The molecule has 0 radical (unpaired) electrons. The number of carbonyl (C=O) groups excluding carboxylic acids is 1. The van der Waals surface area contributed by atoms with Gasteiger partial charge in [-0.3, -0.25) is 5.43 Å². The fourth-order valence-electron chi connectivity index (χ4n) is 1.48. The Bertz CT molecular complexity index is 590. The Labute approximate surface area is 115 Å². The molecule has 0 bridgehead atoms. The number of esters is 1. The Morgan fingerprint density at radius 3 is 2.90 bits per heavy atom. The number of rotatable bonds is 4. The molecule has 1 aromatic rings. The van der Waals surface area contributed by atoms with Crippen LogP contribution in [0.15, 0.2) is 52.1 Å². The summed E-state index contributed by atoms with van der Waals surface area (Å²) in [6, 6.07) is 10.9. The van der Waals surface area contributed by atoms with Gasteiger partial charge in [0.15, 0.2) is 5.57 Å². The number of nitrogens with zero attached hydrogens (tertiary/aromatic N) is 4. The maximum atomic E-state index is 11.7. The third kappa shape index (κ3) is 2.84. The predicted octanol–water partition coefficient (Wildman–Crippen LogP) is 1.50. The first-order valence-electron chi connectivity index (χ1n) is 5.86. The van der Waals surface area contributed by atoms with Crippen molar-refractivity contribution in [3.8, 4) is 6.07 Å². The lowest BCUT2D eigenvalue weighted by atomic mass is 10.3. The van der Waals surface area contributed by atoms with Crippen LogP contribution in [0, 0.1) is 11.3 Å². The van der Waals surface area contributed by atoms with Crippen LogP contribution in [-0.2, 0) is 9.53 Å². The molecule has 0 unspecified atom stereocenters. The van der Waals surface area contributed by atoms with Crippen LogP contribution in [0.3, 0.4) is 0 Å². The van der Waals surface area contributed by atoms with E-state index in [1.165, 1.54) is 5.12 Å². The molecule has 0 aromatic heterocycles. The molecule has 0 saturated heterocycles. The Morgan fingerprint density at radius 2 is 2.25 bits per heavy atom. The van der Waals surface area contributed by atoms with Crippen LogP contribution < -0.4 is 11.0 Å². The van der Waals surface area contributed by atoms with Gasteiger partial charge in [-0.15, -0.1) is 5.11 Å². The predicted molar refractivity (Wildman–Crippen MR) is 69.2 cm³/mol. The van der Waals surface area contributed by atoms with Gasteiger partial charge in [0.25, 0.3) is 0 Å². The minimum absolute atomic E-state index is 0.0507. The standard InChI is InChI=1S/C12H12N6O2/c1-2-20-12(19)10(8-13)11-14-16-17-18(11)15-9-6-4-3-5-7-9/h3-7,15H,2H2,1H3,(H,14,17)/b11-10+. The number of nitriles is 1. The summed E-state index contributed by atoms with van der Waals surface area (Å²) >= 11 is 0. The van der Waals surface area contributed by atoms with Crippen LogP contribution in [0.2, 0.25) is 0 Å². The Kier molecular flexibility index (Phi) is 4.14. The van der Waals surface area contributed by atoms with Crippen LogP contribution >= 0.6 is 0 Å². The molecule has 0 aliphatic carbocycles. The van der Waals surface area contributed by atoms with Gasteiger partial charge in [-0.25, -0.2) is 4.79 Å². The van der Waals surface area contributed by atoms with E-state index >= 15 is 0 Å². The maximum absolute atomic E-state index is 11.7. The molecule has 1 aliphatic rings. The highest BCUT2D eigenvalue weighted by molar-refractivity contribution is 5.93. The van der Waals surface area contributed by atoms with Crippen molar-refractivity contribution in [2.24, 2.45) is 10.3 Å². The van der Waals surface area contributed by atoms with Gasteiger partial charge in [0.1, 0.15) is 6.07 Å². The number of nitrogens with one attached hydrogen (secondary N) is 2. The van der Waals surface area contributed by atoms with Crippen LogP contribution in [0.5, 0.6) is 0 Å². The number of anilines is 1. The van der Waals surface area contributed by atoms with Crippen molar-refractivity contribution in [2.45, 2.75) is 6.92 Å². The van der Waals surface area contributed by atoms with Gasteiger partial charge in [-0.2, -0.15) is 15.9 Å². The summed E-state index contributed by atoms with van der Waals surface area (Å²) in [4.78, 5) is 11.7. The maximum Gasteiger partial charge on any atom is 0.352 e. The summed E-state index contributed by atoms with van der Waals surface area (Å²) in [6.45, 7) is 1.83. The number of benzene rings is 1. The van der Waals surface area contributed by atoms with Crippen molar-refractivity contribution in [3.05, 3.63) is 41.7 Å². The molecule has 0 spiro atoms. The molecule has 1 heterocycles. The highest BCUT2D eigenvalue weighted by Gasteiger charge is 2.25. The average Bonchev–Trinajstić information content (AvgIpc) is 2.89. The third-order valence-electron chi connectivity index (χ3n) is 2.33. The smallest absolute Gasteiger partial charge is 0.352 e. The number of ether oxygens (including phenoxy) is 1. The topological polar surface area (TPSA) is 102 Å². The van der Waals surface area contributed by atoms with Crippen molar-refractivity contribution < 1.29 is 9.53 Å². The van der Waals surface area contributed by atoms with Gasteiger partial charge in [-0.05, 0) is 24.3 Å². The van der Waals surface area contributed by atoms with E-state index in [0.717, 1.165) is 5.69 Å². The van der Waals surface area contributed by atoms with Crippen molar-refractivity contribution in [3.63, 3.8) is 0 Å². The van der Waals surface area contributed by atoms with Crippen LogP contribution in [-0.4, -0.2) is 17.7 Å². The molecular formula is C12H12N6O2. The molecule has 102 valence electrons.